The molecule has 0 heterocycles. The maximum atomic E-state index is 12.1. The van der Waals surface area contributed by atoms with Crippen LogP contribution >= 0.6 is 15.9 Å². The molecule has 0 spiro atoms. The molecule has 0 fully saturated rings. The summed E-state index contributed by atoms with van der Waals surface area (Å²) in [7, 11) is 0. The number of halogens is 1. The van der Waals surface area contributed by atoms with E-state index in [1.807, 2.05) is 6.07 Å². The molecule has 0 aliphatic rings. The fourth-order valence-electron chi connectivity index (χ4n) is 2.04. The minimum atomic E-state index is -0.442. The van der Waals surface area contributed by atoms with Crippen molar-refractivity contribution in [2.75, 3.05) is 5.73 Å². The number of carbonyl (C=O) groups excluding carboxylic acids is 2. The molecule has 0 aliphatic heterocycles. The summed E-state index contributed by atoms with van der Waals surface area (Å²) in [5.74, 6) is -0.630. The molecule has 0 unspecified atom stereocenters. The van der Waals surface area contributed by atoms with Gasteiger partial charge in [0.25, 0.3) is 5.91 Å². The molecule has 2 rings (SSSR count). The predicted molar refractivity (Wildman–Crippen MR) is 89.1 cm³/mol. The van der Waals surface area contributed by atoms with E-state index in [1.165, 1.54) is 0 Å². The lowest BCUT2D eigenvalue weighted by Gasteiger charge is -2.11. The Kier molecular flexibility index (Phi) is 5.16. The average Bonchev–Trinajstić information content (AvgIpc) is 2.48. The smallest absolute Gasteiger partial charge is 0.251 e. The lowest BCUT2D eigenvalue weighted by Crippen LogP contribution is -2.23. The van der Waals surface area contributed by atoms with Crippen LogP contribution in [-0.4, -0.2) is 11.8 Å². The number of rotatable bonds is 5. The molecular weight excluding hydrogens is 346 g/mol. The zero-order chi connectivity index (χ0) is 16.1. The number of nitrogens with two attached hydrogens (primary N) is 2. The first-order valence-electron chi connectivity index (χ1n) is 6.65. The highest BCUT2D eigenvalue weighted by Crippen LogP contribution is 2.18. The van der Waals surface area contributed by atoms with E-state index in [1.54, 1.807) is 36.4 Å². The molecule has 5 nitrogen and oxygen atoms in total. The second-order valence-electron chi connectivity index (χ2n) is 4.82. The minimum absolute atomic E-state index is 0.0837. The molecule has 6 heteroatoms. The highest BCUT2D eigenvalue weighted by atomic mass is 79.9. The molecule has 2 aromatic carbocycles. The third-order valence-electron chi connectivity index (χ3n) is 3.20. The Morgan fingerprint density at radius 3 is 2.32 bits per heavy atom. The number of amides is 2. The fourth-order valence-corrected chi connectivity index (χ4v) is 2.31. The van der Waals surface area contributed by atoms with E-state index in [0.29, 0.717) is 16.8 Å². The summed E-state index contributed by atoms with van der Waals surface area (Å²) < 4.78 is 0.910. The molecule has 2 amide bonds. The summed E-state index contributed by atoms with van der Waals surface area (Å²) in [6.45, 7) is 0.285. The molecular formula is C16H16BrN3O2. The number of hydrogen-bond acceptors (Lipinski definition) is 3. The first kappa shape index (κ1) is 16.0. The first-order valence-corrected chi connectivity index (χ1v) is 7.45. The summed E-state index contributed by atoms with van der Waals surface area (Å²) in [6.07, 6.45) is 0.0837. The van der Waals surface area contributed by atoms with Crippen LogP contribution in [0.25, 0.3) is 0 Å². The van der Waals surface area contributed by atoms with Gasteiger partial charge in [-0.15, -0.1) is 0 Å². The maximum absolute atomic E-state index is 12.1. The molecule has 22 heavy (non-hydrogen) atoms. The van der Waals surface area contributed by atoms with Crippen molar-refractivity contribution in [3.8, 4) is 0 Å². The molecule has 0 atom stereocenters. The van der Waals surface area contributed by atoms with Crippen LogP contribution in [0, 0.1) is 0 Å². The van der Waals surface area contributed by atoms with E-state index >= 15 is 0 Å². The van der Waals surface area contributed by atoms with Crippen LogP contribution in [0.4, 0.5) is 5.69 Å². The van der Waals surface area contributed by atoms with E-state index < -0.39 is 5.91 Å². The van der Waals surface area contributed by atoms with Crippen LogP contribution in [0.2, 0.25) is 0 Å². The molecule has 5 N–H and O–H groups in total. The highest BCUT2D eigenvalue weighted by molar-refractivity contribution is 9.10. The van der Waals surface area contributed by atoms with Crippen molar-refractivity contribution in [2.45, 2.75) is 13.0 Å². The first-order chi connectivity index (χ1) is 10.5. The van der Waals surface area contributed by atoms with E-state index in [2.05, 4.69) is 21.2 Å². The molecule has 0 aliphatic carbocycles. The Balaban J connectivity index is 2.06. The van der Waals surface area contributed by atoms with Crippen LogP contribution < -0.4 is 16.8 Å². The molecule has 0 saturated carbocycles. The van der Waals surface area contributed by atoms with E-state index in [9.17, 15) is 9.59 Å². The topological polar surface area (TPSA) is 98.2 Å². The third kappa shape index (κ3) is 4.08. The average molecular weight is 362 g/mol. The monoisotopic (exact) mass is 361 g/mol. The number of carbonyl (C=O) groups is 2. The number of hydrogen-bond donors (Lipinski definition) is 3. The van der Waals surface area contributed by atoms with Crippen molar-refractivity contribution >= 4 is 33.4 Å². The number of nitrogen functional groups attached to an aromatic ring is 1. The number of anilines is 1. The van der Waals surface area contributed by atoms with Crippen LogP contribution in [-0.2, 0) is 17.8 Å². The van der Waals surface area contributed by atoms with Gasteiger partial charge in [-0.2, -0.15) is 0 Å². The second kappa shape index (κ2) is 7.09. The van der Waals surface area contributed by atoms with Gasteiger partial charge in [-0.05, 0) is 35.4 Å². The normalized spacial score (nSPS) is 10.2. The van der Waals surface area contributed by atoms with Gasteiger partial charge in [-0.1, -0.05) is 34.1 Å². The van der Waals surface area contributed by atoms with Gasteiger partial charge in [-0.3, -0.25) is 9.59 Å². The lowest BCUT2D eigenvalue weighted by atomic mass is 10.0. The summed E-state index contributed by atoms with van der Waals surface area (Å²) in [6, 6.07) is 12.4. The van der Waals surface area contributed by atoms with Gasteiger partial charge in [0.2, 0.25) is 5.91 Å². The van der Waals surface area contributed by atoms with Crippen LogP contribution in [0.3, 0.4) is 0 Å². The Bertz CT molecular complexity index is 699. The molecule has 0 radical (unpaired) electrons. The zero-order valence-corrected chi connectivity index (χ0v) is 13.4. The Hall–Kier alpha value is -2.34. The SMILES string of the molecule is NC(=O)Cc1cccc(CNC(=O)c2ccc(Br)cc2)c1N. The molecule has 0 aromatic heterocycles. The second-order valence-corrected chi connectivity index (χ2v) is 5.74. The number of nitrogens with one attached hydrogen (secondary N) is 1. The molecule has 0 saturated heterocycles. The van der Waals surface area contributed by atoms with Gasteiger partial charge in [0.15, 0.2) is 0 Å². The van der Waals surface area contributed by atoms with Crippen LogP contribution in [0.15, 0.2) is 46.9 Å². The zero-order valence-electron chi connectivity index (χ0n) is 11.8. The third-order valence-corrected chi connectivity index (χ3v) is 3.73. The van der Waals surface area contributed by atoms with E-state index in [-0.39, 0.29) is 18.9 Å². The molecule has 2 aromatic rings. The maximum Gasteiger partial charge on any atom is 0.251 e. The minimum Gasteiger partial charge on any atom is -0.398 e. The van der Waals surface area contributed by atoms with Crippen molar-refractivity contribution in [3.63, 3.8) is 0 Å². The summed E-state index contributed by atoms with van der Waals surface area (Å²) >= 11 is 3.32. The fraction of sp³-hybridized carbons (Fsp3) is 0.125. The largest absolute Gasteiger partial charge is 0.398 e. The van der Waals surface area contributed by atoms with Crippen molar-refractivity contribution in [1.82, 2.24) is 5.32 Å². The standard InChI is InChI=1S/C16H16BrN3O2/c17-13-6-4-10(5-7-13)16(22)20-9-12-3-1-2-11(15(12)19)8-14(18)21/h1-7H,8-9,19H2,(H2,18,21)(H,20,22). The summed E-state index contributed by atoms with van der Waals surface area (Å²) in [5.41, 5.74) is 13.7. The van der Waals surface area contributed by atoms with Gasteiger partial charge in [0.05, 0.1) is 6.42 Å². The van der Waals surface area contributed by atoms with E-state index in [4.69, 9.17) is 11.5 Å². The quantitative estimate of drug-likeness (QED) is 0.710. The van der Waals surface area contributed by atoms with Crippen LogP contribution in [0.1, 0.15) is 21.5 Å². The van der Waals surface area contributed by atoms with Gasteiger partial charge in [-0.25, -0.2) is 0 Å². The predicted octanol–water partition coefficient (Wildman–Crippen LogP) is 1.99. The summed E-state index contributed by atoms with van der Waals surface area (Å²) in [5, 5.41) is 2.81. The van der Waals surface area contributed by atoms with Crippen LogP contribution in [0.5, 0.6) is 0 Å². The van der Waals surface area contributed by atoms with Crippen molar-refractivity contribution < 1.29 is 9.59 Å². The van der Waals surface area contributed by atoms with E-state index in [0.717, 1.165) is 10.0 Å². The number of primary amides is 1. The van der Waals surface area contributed by atoms with Crippen molar-refractivity contribution in [2.24, 2.45) is 5.73 Å². The number of para-hydroxylation sites is 1. The highest BCUT2D eigenvalue weighted by Gasteiger charge is 2.09. The van der Waals surface area contributed by atoms with Gasteiger partial charge in [0, 0.05) is 22.3 Å². The van der Waals surface area contributed by atoms with Gasteiger partial charge in [0.1, 0.15) is 0 Å². The Morgan fingerprint density at radius 2 is 1.68 bits per heavy atom. The Morgan fingerprint density at radius 1 is 1.05 bits per heavy atom. The van der Waals surface area contributed by atoms with Gasteiger partial charge < -0.3 is 16.8 Å². The Labute approximate surface area is 136 Å². The number of benzene rings is 2. The van der Waals surface area contributed by atoms with Gasteiger partial charge >= 0.3 is 0 Å². The van der Waals surface area contributed by atoms with Crippen molar-refractivity contribution in [3.05, 3.63) is 63.6 Å². The summed E-state index contributed by atoms with van der Waals surface area (Å²) in [4.78, 5) is 23.1. The molecule has 114 valence electrons. The lowest BCUT2D eigenvalue weighted by molar-refractivity contribution is -0.117. The van der Waals surface area contributed by atoms with Crippen molar-refractivity contribution in [1.29, 1.82) is 0 Å². The molecule has 0 bridgehead atoms.